The van der Waals surface area contributed by atoms with Crippen LogP contribution in [-0.4, -0.2) is 52.2 Å². The van der Waals surface area contributed by atoms with Crippen molar-refractivity contribution in [1.82, 2.24) is 25.4 Å². The second-order valence-electron chi connectivity index (χ2n) is 9.80. The number of benzene rings is 2. The molecule has 178 valence electrons. The maximum absolute atomic E-state index is 13.5. The van der Waals surface area contributed by atoms with Crippen molar-refractivity contribution in [2.75, 3.05) is 20.2 Å². The Morgan fingerprint density at radius 1 is 1.23 bits per heavy atom. The van der Waals surface area contributed by atoms with Gasteiger partial charge in [0.05, 0.1) is 16.7 Å². The molecule has 1 amide bonds. The van der Waals surface area contributed by atoms with Gasteiger partial charge in [0.25, 0.3) is 5.91 Å². The van der Waals surface area contributed by atoms with Crippen LogP contribution in [0.2, 0.25) is 0 Å². The minimum atomic E-state index is -0.414. The van der Waals surface area contributed by atoms with E-state index in [1.807, 2.05) is 43.5 Å². The number of pyridine rings is 1. The van der Waals surface area contributed by atoms with E-state index in [0.717, 1.165) is 64.8 Å². The molecular weight excluding hydrogens is 438 g/mol. The van der Waals surface area contributed by atoms with Crippen molar-refractivity contribution in [1.29, 1.82) is 0 Å². The van der Waals surface area contributed by atoms with Gasteiger partial charge in [0.1, 0.15) is 12.4 Å². The number of amides is 1. The van der Waals surface area contributed by atoms with E-state index in [-0.39, 0.29) is 5.91 Å². The number of carbonyl (C=O) groups is 1. The van der Waals surface area contributed by atoms with Crippen molar-refractivity contribution in [3.05, 3.63) is 77.6 Å². The lowest BCUT2D eigenvalue weighted by Crippen LogP contribution is -2.48. The number of aryl methyl sites for hydroxylation is 1. The predicted octanol–water partition coefficient (Wildman–Crippen LogP) is 4.44. The maximum Gasteiger partial charge on any atom is 0.252 e. The Balaban J connectivity index is 1.29. The fourth-order valence-electron chi connectivity index (χ4n) is 4.93. The van der Waals surface area contributed by atoms with Crippen LogP contribution in [0.4, 0.5) is 0 Å². The SMILES string of the molecule is Cc1ccc(OC[C@@H]2CCN2C)cc1C(=O)NC1(c2cc(-c3cc[nH]n3)cc3ncccc23)CC1. The fourth-order valence-corrected chi connectivity index (χ4v) is 4.93. The summed E-state index contributed by atoms with van der Waals surface area (Å²) >= 11 is 0. The molecule has 1 aliphatic carbocycles. The Hall–Kier alpha value is -3.71. The van der Waals surface area contributed by atoms with E-state index in [4.69, 9.17) is 4.74 Å². The van der Waals surface area contributed by atoms with Crippen LogP contribution in [0.3, 0.4) is 0 Å². The van der Waals surface area contributed by atoms with Crippen LogP contribution >= 0.6 is 0 Å². The highest BCUT2D eigenvalue weighted by atomic mass is 16.5. The number of carbonyl (C=O) groups excluding carboxylic acids is 1. The van der Waals surface area contributed by atoms with Gasteiger partial charge in [-0.1, -0.05) is 12.1 Å². The Bertz CT molecular complexity index is 1390. The van der Waals surface area contributed by atoms with E-state index < -0.39 is 5.54 Å². The lowest BCUT2D eigenvalue weighted by atomic mass is 9.95. The number of hydrogen-bond donors (Lipinski definition) is 2. The molecule has 1 aliphatic heterocycles. The monoisotopic (exact) mass is 467 g/mol. The zero-order chi connectivity index (χ0) is 24.0. The van der Waals surface area contributed by atoms with Crippen molar-refractivity contribution in [2.24, 2.45) is 0 Å². The van der Waals surface area contributed by atoms with Crippen LogP contribution in [0, 0.1) is 6.92 Å². The minimum Gasteiger partial charge on any atom is -0.492 e. The second kappa shape index (κ2) is 8.50. The first-order valence-corrected chi connectivity index (χ1v) is 12.2. The van der Waals surface area contributed by atoms with Crippen molar-refractivity contribution >= 4 is 16.8 Å². The summed E-state index contributed by atoms with van der Waals surface area (Å²) in [6.45, 7) is 3.72. The topological polar surface area (TPSA) is 83.1 Å². The third-order valence-electron chi connectivity index (χ3n) is 7.47. The summed E-state index contributed by atoms with van der Waals surface area (Å²) in [7, 11) is 2.11. The molecule has 2 aliphatic rings. The molecule has 3 heterocycles. The number of nitrogens with one attached hydrogen (secondary N) is 2. The zero-order valence-electron chi connectivity index (χ0n) is 20.0. The van der Waals surface area contributed by atoms with Crippen LogP contribution in [0.15, 0.2) is 60.9 Å². The molecule has 35 heavy (non-hydrogen) atoms. The van der Waals surface area contributed by atoms with Gasteiger partial charge in [-0.15, -0.1) is 0 Å². The average molecular weight is 468 g/mol. The molecule has 6 rings (SSSR count). The Kier molecular flexibility index (Phi) is 5.29. The van der Waals surface area contributed by atoms with Gasteiger partial charge >= 0.3 is 0 Å². The summed E-state index contributed by atoms with van der Waals surface area (Å²) in [5.74, 6) is 0.662. The van der Waals surface area contributed by atoms with E-state index >= 15 is 0 Å². The molecular formula is C28H29N5O2. The standard InChI is InChI=1S/C28H29N5O2/c1-18-5-6-21(35-17-20-8-13-33(20)2)16-23(18)27(34)31-28(9-10-28)24-14-19(25-7-12-30-32-25)15-26-22(24)4-3-11-29-26/h3-7,11-12,14-16,20H,8-10,13,17H2,1-2H3,(H,30,32)(H,31,34)/t20-/m0/s1. The zero-order valence-corrected chi connectivity index (χ0v) is 20.0. The first-order valence-electron chi connectivity index (χ1n) is 12.2. The van der Waals surface area contributed by atoms with E-state index in [9.17, 15) is 4.79 Å². The normalized spacial score (nSPS) is 18.7. The third kappa shape index (κ3) is 4.06. The average Bonchev–Trinajstić information content (AvgIpc) is 3.42. The van der Waals surface area contributed by atoms with Crippen molar-refractivity contribution in [3.63, 3.8) is 0 Å². The van der Waals surface area contributed by atoms with E-state index in [1.54, 1.807) is 6.20 Å². The molecule has 2 aromatic carbocycles. The molecule has 1 atom stereocenters. The number of fused-ring (bicyclic) bond motifs is 1. The van der Waals surface area contributed by atoms with Crippen LogP contribution in [0.25, 0.3) is 22.2 Å². The number of H-pyrrole nitrogens is 1. The van der Waals surface area contributed by atoms with Gasteiger partial charge < -0.3 is 10.1 Å². The third-order valence-corrected chi connectivity index (χ3v) is 7.47. The lowest BCUT2D eigenvalue weighted by Gasteiger charge is -2.37. The van der Waals surface area contributed by atoms with Gasteiger partial charge in [0.2, 0.25) is 0 Å². The van der Waals surface area contributed by atoms with Crippen molar-refractivity contribution in [2.45, 2.75) is 37.8 Å². The fraction of sp³-hybridized carbons (Fsp3) is 0.321. The summed E-state index contributed by atoms with van der Waals surface area (Å²) in [6, 6.07) is 16.4. The molecule has 2 aromatic heterocycles. The largest absolute Gasteiger partial charge is 0.492 e. The number of aromatic nitrogens is 3. The number of hydrogen-bond acceptors (Lipinski definition) is 5. The number of likely N-dealkylation sites (N-methyl/N-ethyl adjacent to an activating group) is 1. The predicted molar refractivity (Wildman–Crippen MR) is 135 cm³/mol. The van der Waals surface area contributed by atoms with Crippen LogP contribution in [0.5, 0.6) is 5.75 Å². The highest BCUT2D eigenvalue weighted by molar-refractivity contribution is 5.98. The second-order valence-corrected chi connectivity index (χ2v) is 9.80. The number of aromatic amines is 1. The van der Waals surface area contributed by atoms with Crippen molar-refractivity contribution < 1.29 is 9.53 Å². The van der Waals surface area contributed by atoms with Gasteiger partial charge in [0, 0.05) is 34.9 Å². The number of likely N-dealkylation sites (tertiary alicyclic amines) is 1. The maximum atomic E-state index is 13.5. The quantitative estimate of drug-likeness (QED) is 0.420. The highest BCUT2D eigenvalue weighted by Crippen LogP contribution is 2.49. The minimum absolute atomic E-state index is 0.0755. The van der Waals surface area contributed by atoms with Gasteiger partial charge in [-0.25, -0.2) is 0 Å². The number of ether oxygens (including phenoxy) is 1. The van der Waals surface area contributed by atoms with Crippen molar-refractivity contribution in [3.8, 4) is 17.0 Å². The summed E-state index contributed by atoms with van der Waals surface area (Å²) in [5, 5.41) is 11.7. The molecule has 4 aromatic rings. The molecule has 1 saturated carbocycles. The van der Waals surface area contributed by atoms with Gasteiger partial charge in [0.15, 0.2) is 0 Å². The molecule has 0 spiro atoms. The van der Waals surface area contributed by atoms with Gasteiger partial charge in [-0.05, 0) is 87.3 Å². The van der Waals surface area contributed by atoms with E-state index in [2.05, 4.69) is 50.6 Å². The van der Waals surface area contributed by atoms with Gasteiger partial charge in [-0.2, -0.15) is 5.10 Å². The number of nitrogens with zero attached hydrogens (tertiary/aromatic N) is 3. The van der Waals surface area contributed by atoms with E-state index in [0.29, 0.717) is 18.2 Å². The molecule has 7 nitrogen and oxygen atoms in total. The summed E-state index contributed by atoms with van der Waals surface area (Å²) in [5.41, 5.74) is 5.01. The Labute approximate surface area is 204 Å². The summed E-state index contributed by atoms with van der Waals surface area (Å²) in [4.78, 5) is 20.4. The Morgan fingerprint density at radius 3 is 2.83 bits per heavy atom. The lowest BCUT2D eigenvalue weighted by molar-refractivity contribution is 0.0767. The van der Waals surface area contributed by atoms with Crippen LogP contribution < -0.4 is 10.1 Å². The molecule has 0 radical (unpaired) electrons. The molecule has 0 unspecified atom stereocenters. The molecule has 1 saturated heterocycles. The number of rotatable bonds is 7. The van der Waals surface area contributed by atoms with E-state index in [1.165, 1.54) is 0 Å². The first kappa shape index (κ1) is 21.8. The van der Waals surface area contributed by atoms with Gasteiger partial charge in [-0.3, -0.25) is 19.8 Å². The molecule has 0 bridgehead atoms. The van der Waals surface area contributed by atoms with Crippen LogP contribution in [-0.2, 0) is 5.54 Å². The molecule has 2 N–H and O–H groups in total. The molecule has 7 heteroatoms. The summed E-state index contributed by atoms with van der Waals surface area (Å²) in [6.07, 6.45) is 6.53. The Morgan fingerprint density at radius 2 is 2.11 bits per heavy atom. The first-order chi connectivity index (χ1) is 17.0. The smallest absolute Gasteiger partial charge is 0.252 e. The summed E-state index contributed by atoms with van der Waals surface area (Å²) < 4.78 is 6.03. The molecule has 2 fully saturated rings. The highest BCUT2D eigenvalue weighted by Gasteiger charge is 2.47. The van der Waals surface area contributed by atoms with Crippen LogP contribution in [0.1, 0.15) is 40.7 Å².